The van der Waals surface area contributed by atoms with Crippen molar-refractivity contribution in [3.8, 4) is 0 Å². The molecule has 4 nitrogen and oxygen atoms in total. The monoisotopic (exact) mass is 264 g/mol. The predicted molar refractivity (Wildman–Crippen MR) is 74.9 cm³/mol. The van der Waals surface area contributed by atoms with Gasteiger partial charge in [0, 0.05) is 6.04 Å². The van der Waals surface area contributed by atoms with Gasteiger partial charge in [-0.2, -0.15) is 0 Å². The minimum absolute atomic E-state index is 0.408. The van der Waals surface area contributed by atoms with E-state index in [0.29, 0.717) is 12.0 Å². The van der Waals surface area contributed by atoms with Crippen molar-refractivity contribution in [1.82, 2.24) is 14.5 Å². The molecule has 2 aromatic rings. The summed E-state index contributed by atoms with van der Waals surface area (Å²) in [5, 5.41) is 0.732. The molecule has 0 amide bonds. The van der Waals surface area contributed by atoms with Gasteiger partial charge in [0.15, 0.2) is 0 Å². The molecule has 1 aromatic carbocycles. The zero-order valence-corrected chi connectivity index (χ0v) is 11.2. The maximum absolute atomic E-state index is 6.30. The van der Waals surface area contributed by atoms with E-state index >= 15 is 0 Å². The molecule has 1 aliphatic heterocycles. The Morgan fingerprint density at radius 2 is 2.06 bits per heavy atom. The van der Waals surface area contributed by atoms with E-state index in [0.717, 1.165) is 42.0 Å². The average Bonchev–Trinajstić information content (AvgIpc) is 2.68. The second-order valence-electron chi connectivity index (χ2n) is 4.98. The number of aromatic nitrogens is 2. The van der Waals surface area contributed by atoms with E-state index in [9.17, 15) is 0 Å². The van der Waals surface area contributed by atoms with Crippen LogP contribution in [0.15, 0.2) is 18.2 Å². The van der Waals surface area contributed by atoms with Crippen LogP contribution in [0.2, 0.25) is 5.02 Å². The molecule has 1 fully saturated rings. The van der Waals surface area contributed by atoms with Crippen molar-refractivity contribution in [2.24, 2.45) is 0 Å². The first-order chi connectivity index (χ1) is 8.66. The van der Waals surface area contributed by atoms with E-state index in [1.807, 2.05) is 18.2 Å². The molecule has 1 saturated heterocycles. The summed E-state index contributed by atoms with van der Waals surface area (Å²) in [5.41, 5.74) is 7.93. The Morgan fingerprint density at radius 1 is 1.33 bits per heavy atom. The summed E-state index contributed by atoms with van der Waals surface area (Å²) in [6, 6.07) is 6.18. The Hall–Kier alpha value is -1.26. The molecule has 2 N–H and O–H groups in total. The molecule has 0 spiro atoms. The van der Waals surface area contributed by atoms with Gasteiger partial charge in [-0.3, -0.25) is 0 Å². The number of para-hydroxylation sites is 1. The first-order valence-corrected chi connectivity index (χ1v) is 6.65. The van der Waals surface area contributed by atoms with Gasteiger partial charge in [0.25, 0.3) is 0 Å². The summed E-state index contributed by atoms with van der Waals surface area (Å²) in [7, 11) is 2.15. The topological polar surface area (TPSA) is 47.1 Å². The second-order valence-corrected chi connectivity index (χ2v) is 5.39. The number of hydrogen-bond donors (Lipinski definition) is 1. The maximum atomic E-state index is 6.30. The highest BCUT2D eigenvalue weighted by Crippen LogP contribution is 2.32. The van der Waals surface area contributed by atoms with E-state index in [2.05, 4.69) is 21.5 Å². The van der Waals surface area contributed by atoms with Gasteiger partial charge in [-0.15, -0.1) is 0 Å². The molecular weight excluding hydrogens is 248 g/mol. The molecule has 0 radical (unpaired) electrons. The van der Waals surface area contributed by atoms with Crippen molar-refractivity contribution in [3.05, 3.63) is 23.2 Å². The van der Waals surface area contributed by atoms with E-state index in [-0.39, 0.29) is 0 Å². The van der Waals surface area contributed by atoms with Gasteiger partial charge in [0.1, 0.15) is 0 Å². The minimum atomic E-state index is 0.408. The Labute approximate surface area is 111 Å². The molecule has 0 atom stereocenters. The number of benzene rings is 1. The van der Waals surface area contributed by atoms with Gasteiger partial charge >= 0.3 is 0 Å². The Kier molecular flexibility index (Phi) is 2.92. The van der Waals surface area contributed by atoms with Crippen LogP contribution in [0.1, 0.15) is 18.9 Å². The van der Waals surface area contributed by atoms with Crippen LogP contribution in [0.5, 0.6) is 0 Å². The van der Waals surface area contributed by atoms with E-state index in [1.165, 1.54) is 0 Å². The molecule has 96 valence electrons. The van der Waals surface area contributed by atoms with Crippen molar-refractivity contribution < 1.29 is 0 Å². The number of rotatable bonds is 1. The van der Waals surface area contributed by atoms with Gasteiger partial charge in [-0.05, 0) is 45.1 Å². The van der Waals surface area contributed by atoms with Gasteiger partial charge in [0.2, 0.25) is 5.95 Å². The summed E-state index contributed by atoms with van der Waals surface area (Å²) in [5.74, 6) is 0.577. The van der Waals surface area contributed by atoms with Gasteiger partial charge in [0.05, 0.1) is 16.1 Å². The van der Waals surface area contributed by atoms with Crippen LogP contribution < -0.4 is 5.73 Å². The number of imidazole rings is 1. The van der Waals surface area contributed by atoms with Crippen LogP contribution in [0, 0.1) is 0 Å². The third kappa shape index (κ3) is 1.85. The lowest BCUT2D eigenvalue weighted by Crippen LogP contribution is -2.31. The number of hydrogen-bond acceptors (Lipinski definition) is 3. The third-order valence-electron chi connectivity index (χ3n) is 3.74. The lowest BCUT2D eigenvalue weighted by atomic mass is 10.1. The molecule has 1 aliphatic rings. The number of nitrogens with zero attached hydrogens (tertiary/aromatic N) is 3. The van der Waals surface area contributed by atoms with Crippen LogP contribution in [0.3, 0.4) is 0 Å². The number of nitrogen functional groups attached to an aromatic ring is 1. The fraction of sp³-hybridized carbons (Fsp3) is 0.462. The average molecular weight is 265 g/mol. The lowest BCUT2D eigenvalue weighted by Gasteiger charge is -2.30. The van der Waals surface area contributed by atoms with E-state index < -0.39 is 0 Å². The largest absolute Gasteiger partial charge is 0.369 e. The fourth-order valence-corrected chi connectivity index (χ4v) is 3.01. The third-order valence-corrected chi connectivity index (χ3v) is 4.05. The predicted octanol–water partition coefficient (Wildman–Crippen LogP) is 2.54. The summed E-state index contributed by atoms with van der Waals surface area (Å²) >= 11 is 6.30. The lowest BCUT2D eigenvalue weighted by molar-refractivity contribution is 0.225. The first-order valence-electron chi connectivity index (χ1n) is 6.27. The zero-order chi connectivity index (χ0) is 12.7. The van der Waals surface area contributed by atoms with Gasteiger partial charge in [-0.25, -0.2) is 4.98 Å². The van der Waals surface area contributed by atoms with Crippen molar-refractivity contribution in [1.29, 1.82) is 0 Å². The molecule has 5 heteroatoms. The smallest absolute Gasteiger partial charge is 0.201 e. The second kappa shape index (κ2) is 4.44. The van der Waals surface area contributed by atoms with Gasteiger partial charge < -0.3 is 15.2 Å². The van der Waals surface area contributed by atoms with Crippen molar-refractivity contribution in [2.75, 3.05) is 25.9 Å². The molecule has 0 bridgehead atoms. The van der Waals surface area contributed by atoms with Crippen molar-refractivity contribution in [3.63, 3.8) is 0 Å². The quantitative estimate of drug-likeness (QED) is 0.861. The van der Waals surface area contributed by atoms with Crippen molar-refractivity contribution >= 4 is 28.6 Å². The Balaban J connectivity index is 2.08. The van der Waals surface area contributed by atoms with Crippen molar-refractivity contribution in [2.45, 2.75) is 18.9 Å². The van der Waals surface area contributed by atoms with Gasteiger partial charge in [-0.1, -0.05) is 17.7 Å². The summed E-state index contributed by atoms with van der Waals surface area (Å²) in [6.45, 7) is 2.18. The zero-order valence-electron chi connectivity index (χ0n) is 10.4. The summed E-state index contributed by atoms with van der Waals surface area (Å²) in [6.07, 6.45) is 2.19. The highest BCUT2D eigenvalue weighted by atomic mass is 35.5. The molecule has 18 heavy (non-hydrogen) atoms. The highest BCUT2D eigenvalue weighted by molar-refractivity contribution is 6.35. The number of anilines is 1. The molecule has 1 aromatic heterocycles. The minimum Gasteiger partial charge on any atom is -0.369 e. The van der Waals surface area contributed by atoms with Crippen LogP contribution >= 0.6 is 11.6 Å². The molecule has 0 aliphatic carbocycles. The standard InChI is InChI=1S/C13H17ClN4/c1-17-7-5-9(6-8-17)18-12-10(14)3-2-4-11(12)16-13(18)15/h2-4,9H,5-8H2,1H3,(H2,15,16). The first kappa shape index (κ1) is 11.8. The Morgan fingerprint density at radius 3 is 2.78 bits per heavy atom. The maximum Gasteiger partial charge on any atom is 0.201 e. The SMILES string of the molecule is CN1CCC(n2c(N)nc3cccc(Cl)c32)CC1. The normalized spacial score (nSPS) is 18.6. The fourth-order valence-electron chi connectivity index (χ4n) is 2.75. The van der Waals surface area contributed by atoms with Crippen LogP contribution in [0.25, 0.3) is 11.0 Å². The van der Waals surface area contributed by atoms with Crippen LogP contribution in [-0.4, -0.2) is 34.6 Å². The number of likely N-dealkylation sites (tertiary alicyclic amines) is 1. The molecule has 0 unspecified atom stereocenters. The van der Waals surface area contributed by atoms with Crippen LogP contribution in [0.4, 0.5) is 5.95 Å². The molecule has 2 heterocycles. The number of piperidine rings is 1. The summed E-state index contributed by atoms with van der Waals surface area (Å²) in [4.78, 5) is 6.75. The Bertz CT molecular complexity index is 570. The van der Waals surface area contributed by atoms with E-state index in [4.69, 9.17) is 17.3 Å². The van der Waals surface area contributed by atoms with Crippen LogP contribution in [-0.2, 0) is 0 Å². The summed E-state index contributed by atoms with van der Waals surface area (Å²) < 4.78 is 2.12. The number of halogens is 1. The number of nitrogens with two attached hydrogens (primary N) is 1. The number of fused-ring (bicyclic) bond motifs is 1. The highest BCUT2D eigenvalue weighted by Gasteiger charge is 2.23. The molecule has 3 rings (SSSR count). The van der Waals surface area contributed by atoms with E-state index in [1.54, 1.807) is 0 Å². The molecular formula is C13H17ClN4. The molecule has 0 saturated carbocycles.